The molecule has 1 N–H and O–H groups in total. The number of carbonyl (C=O) groups is 1. The topological polar surface area (TPSA) is 45.3 Å². The molecule has 0 spiro atoms. The van der Waals surface area contributed by atoms with E-state index < -0.39 is 5.60 Å². The summed E-state index contributed by atoms with van der Waals surface area (Å²) in [6, 6.07) is 5.99. The molecule has 0 unspecified atom stereocenters. The third kappa shape index (κ3) is 3.47. The van der Waals surface area contributed by atoms with Gasteiger partial charge in [0.15, 0.2) is 0 Å². The quantitative estimate of drug-likeness (QED) is 0.803. The van der Waals surface area contributed by atoms with Crippen molar-refractivity contribution in [3.63, 3.8) is 0 Å². The maximum atomic E-state index is 12.1. The molecule has 0 aliphatic carbocycles. The summed E-state index contributed by atoms with van der Waals surface area (Å²) in [5, 5.41) is 1.94. The molecule has 1 aromatic heterocycles. The number of hydrogen-bond acceptors (Lipinski definition) is 2. The Balaban J connectivity index is 1.69. The average molecular weight is 335 g/mol. The van der Waals surface area contributed by atoms with Crippen molar-refractivity contribution >= 4 is 28.6 Å². The third-order valence-electron chi connectivity index (χ3n) is 4.28. The minimum Gasteiger partial charge on any atom is -0.444 e. The number of H-pyrrole nitrogens is 1. The van der Waals surface area contributed by atoms with Crippen LogP contribution in [0.4, 0.5) is 4.79 Å². The Morgan fingerprint density at radius 2 is 2.00 bits per heavy atom. The molecule has 0 atom stereocenters. The molecule has 2 aromatic rings. The summed E-state index contributed by atoms with van der Waals surface area (Å²) in [6.07, 6.45) is 3.74. The van der Waals surface area contributed by atoms with Crippen LogP contribution in [0.15, 0.2) is 24.4 Å². The van der Waals surface area contributed by atoms with Crippen molar-refractivity contribution in [2.75, 3.05) is 13.1 Å². The number of ether oxygens (including phenoxy) is 1. The highest BCUT2D eigenvalue weighted by Crippen LogP contribution is 2.35. The van der Waals surface area contributed by atoms with E-state index >= 15 is 0 Å². The molecule has 5 heteroatoms. The maximum Gasteiger partial charge on any atom is 0.410 e. The molecule has 0 bridgehead atoms. The lowest BCUT2D eigenvalue weighted by molar-refractivity contribution is 0.0205. The SMILES string of the molecule is CC(C)(C)OC(=O)N1CCC(c2c[nH]c3c(Cl)cccc23)CC1. The van der Waals surface area contributed by atoms with Gasteiger partial charge < -0.3 is 14.6 Å². The van der Waals surface area contributed by atoms with Crippen molar-refractivity contribution < 1.29 is 9.53 Å². The Morgan fingerprint density at radius 3 is 2.65 bits per heavy atom. The molecule has 4 nitrogen and oxygen atoms in total. The molecule has 0 saturated carbocycles. The number of hydrogen-bond donors (Lipinski definition) is 1. The Labute approximate surface area is 141 Å². The summed E-state index contributed by atoms with van der Waals surface area (Å²) in [5.41, 5.74) is 1.85. The van der Waals surface area contributed by atoms with Crippen molar-refractivity contribution in [2.24, 2.45) is 0 Å². The lowest BCUT2D eigenvalue weighted by atomic mass is 9.89. The van der Waals surface area contributed by atoms with Crippen LogP contribution < -0.4 is 0 Å². The minimum atomic E-state index is -0.443. The number of piperidine rings is 1. The fraction of sp³-hybridized carbons (Fsp3) is 0.500. The van der Waals surface area contributed by atoms with Crippen LogP contribution in [0.1, 0.15) is 45.1 Å². The molecule has 1 amide bonds. The number of aromatic amines is 1. The van der Waals surface area contributed by atoms with Gasteiger partial charge in [-0.25, -0.2) is 4.79 Å². The molecule has 1 aliphatic heterocycles. The average Bonchev–Trinajstić information content (AvgIpc) is 2.91. The fourth-order valence-corrected chi connectivity index (χ4v) is 3.41. The molecule has 0 radical (unpaired) electrons. The van der Waals surface area contributed by atoms with Crippen LogP contribution >= 0.6 is 11.6 Å². The van der Waals surface area contributed by atoms with Gasteiger partial charge in [-0.2, -0.15) is 0 Å². The van der Waals surface area contributed by atoms with E-state index in [0.29, 0.717) is 5.92 Å². The Hall–Kier alpha value is -1.68. The third-order valence-corrected chi connectivity index (χ3v) is 4.60. The molecule has 3 rings (SSSR count). The second-order valence-electron chi connectivity index (χ2n) is 7.15. The normalized spacial score (nSPS) is 16.8. The zero-order chi connectivity index (χ0) is 16.6. The summed E-state index contributed by atoms with van der Waals surface area (Å²) < 4.78 is 5.45. The van der Waals surface area contributed by atoms with Crippen LogP contribution in [0.25, 0.3) is 10.9 Å². The minimum absolute atomic E-state index is 0.210. The lowest BCUT2D eigenvalue weighted by Crippen LogP contribution is -2.41. The van der Waals surface area contributed by atoms with E-state index in [1.807, 2.05) is 37.8 Å². The highest BCUT2D eigenvalue weighted by molar-refractivity contribution is 6.35. The summed E-state index contributed by atoms with van der Waals surface area (Å²) >= 11 is 6.23. The first-order chi connectivity index (χ1) is 10.8. The molecular formula is C18H23ClN2O2. The van der Waals surface area contributed by atoms with E-state index in [1.165, 1.54) is 10.9 Å². The predicted molar refractivity (Wildman–Crippen MR) is 93.1 cm³/mol. The Bertz CT molecular complexity index is 709. The zero-order valence-corrected chi connectivity index (χ0v) is 14.6. The molecule has 23 heavy (non-hydrogen) atoms. The number of halogens is 1. The molecule has 124 valence electrons. The number of aromatic nitrogens is 1. The highest BCUT2D eigenvalue weighted by Gasteiger charge is 2.28. The van der Waals surface area contributed by atoms with E-state index in [-0.39, 0.29) is 6.09 Å². The molecule has 1 saturated heterocycles. The second-order valence-corrected chi connectivity index (χ2v) is 7.56. The van der Waals surface area contributed by atoms with E-state index in [2.05, 4.69) is 17.2 Å². The molecule has 1 aromatic carbocycles. The number of nitrogens with zero attached hydrogens (tertiary/aromatic N) is 1. The van der Waals surface area contributed by atoms with E-state index in [9.17, 15) is 4.79 Å². The van der Waals surface area contributed by atoms with Gasteiger partial charge >= 0.3 is 6.09 Å². The van der Waals surface area contributed by atoms with Gasteiger partial charge in [0.2, 0.25) is 0 Å². The van der Waals surface area contributed by atoms with Gasteiger partial charge in [0.1, 0.15) is 5.60 Å². The van der Waals surface area contributed by atoms with Crippen molar-refractivity contribution in [3.8, 4) is 0 Å². The van der Waals surface area contributed by atoms with Crippen LogP contribution in [0.3, 0.4) is 0 Å². The summed E-state index contributed by atoms with van der Waals surface area (Å²) in [5.74, 6) is 0.445. The molecule has 2 heterocycles. The van der Waals surface area contributed by atoms with Crippen molar-refractivity contribution in [1.29, 1.82) is 0 Å². The lowest BCUT2D eigenvalue weighted by Gasteiger charge is -2.33. The van der Waals surface area contributed by atoms with E-state index in [0.717, 1.165) is 36.5 Å². The number of benzene rings is 1. The first kappa shape index (κ1) is 16.2. The van der Waals surface area contributed by atoms with Gasteiger partial charge in [-0.1, -0.05) is 23.7 Å². The smallest absolute Gasteiger partial charge is 0.410 e. The van der Waals surface area contributed by atoms with Crippen LogP contribution in [0, 0.1) is 0 Å². The predicted octanol–water partition coefficient (Wildman–Crippen LogP) is 4.94. The van der Waals surface area contributed by atoms with Crippen LogP contribution in [0.2, 0.25) is 5.02 Å². The number of carbonyl (C=O) groups excluding carboxylic acids is 1. The standard InChI is InChI=1S/C18H23ClN2O2/c1-18(2,3)23-17(22)21-9-7-12(8-10-21)14-11-20-16-13(14)5-4-6-15(16)19/h4-6,11-12,20H,7-10H2,1-3H3. The largest absolute Gasteiger partial charge is 0.444 e. The Morgan fingerprint density at radius 1 is 1.30 bits per heavy atom. The van der Waals surface area contributed by atoms with Gasteiger partial charge in [-0.15, -0.1) is 0 Å². The monoisotopic (exact) mass is 334 g/mol. The van der Waals surface area contributed by atoms with Gasteiger partial charge in [0.05, 0.1) is 10.5 Å². The van der Waals surface area contributed by atoms with Gasteiger partial charge in [0.25, 0.3) is 0 Å². The van der Waals surface area contributed by atoms with Crippen molar-refractivity contribution in [2.45, 2.75) is 45.1 Å². The van der Waals surface area contributed by atoms with Crippen molar-refractivity contribution in [1.82, 2.24) is 9.88 Å². The summed E-state index contributed by atoms with van der Waals surface area (Å²) in [6.45, 7) is 7.15. The van der Waals surface area contributed by atoms with Crippen LogP contribution in [-0.4, -0.2) is 34.7 Å². The maximum absolute atomic E-state index is 12.1. The van der Waals surface area contributed by atoms with Gasteiger partial charge in [-0.05, 0) is 51.2 Å². The fourth-order valence-electron chi connectivity index (χ4n) is 3.18. The van der Waals surface area contributed by atoms with E-state index in [4.69, 9.17) is 16.3 Å². The first-order valence-corrected chi connectivity index (χ1v) is 8.46. The second kappa shape index (κ2) is 6.08. The van der Waals surface area contributed by atoms with E-state index in [1.54, 1.807) is 0 Å². The number of fused-ring (bicyclic) bond motifs is 1. The summed E-state index contributed by atoms with van der Waals surface area (Å²) in [7, 11) is 0. The van der Waals surface area contributed by atoms with Gasteiger partial charge in [-0.3, -0.25) is 0 Å². The molecule has 1 aliphatic rings. The van der Waals surface area contributed by atoms with Gasteiger partial charge in [0, 0.05) is 24.7 Å². The summed E-state index contributed by atoms with van der Waals surface area (Å²) in [4.78, 5) is 17.2. The molecule has 1 fully saturated rings. The number of amides is 1. The van der Waals surface area contributed by atoms with Crippen LogP contribution in [-0.2, 0) is 4.74 Å². The van der Waals surface area contributed by atoms with Crippen molar-refractivity contribution in [3.05, 3.63) is 35.0 Å². The zero-order valence-electron chi connectivity index (χ0n) is 13.9. The number of para-hydroxylation sites is 1. The number of rotatable bonds is 1. The number of nitrogens with one attached hydrogen (secondary N) is 1. The number of likely N-dealkylation sites (tertiary alicyclic amines) is 1. The highest BCUT2D eigenvalue weighted by atomic mass is 35.5. The van der Waals surface area contributed by atoms with Crippen LogP contribution in [0.5, 0.6) is 0 Å². The Kier molecular flexibility index (Phi) is 4.28. The molecular weight excluding hydrogens is 312 g/mol. The first-order valence-electron chi connectivity index (χ1n) is 8.08.